The van der Waals surface area contributed by atoms with Gasteiger partial charge in [-0.05, 0) is 55.3 Å². The van der Waals surface area contributed by atoms with Crippen molar-refractivity contribution in [1.82, 2.24) is 0 Å². The number of amides is 2. The lowest BCUT2D eigenvalue weighted by Crippen LogP contribution is -2.26. The van der Waals surface area contributed by atoms with Gasteiger partial charge in [0.25, 0.3) is 11.8 Å². The van der Waals surface area contributed by atoms with Crippen LogP contribution in [0.5, 0.6) is 5.75 Å². The first kappa shape index (κ1) is 20.1. The van der Waals surface area contributed by atoms with E-state index in [0.29, 0.717) is 11.3 Å². The van der Waals surface area contributed by atoms with Crippen molar-refractivity contribution in [3.8, 4) is 5.75 Å². The summed E-state index contributed by atoms with van der Waals surface area (Å²) in [7, 11) is 1.72. The second-order valence-electron chi connectivity index (χ2n) is 6.84. The number of nitrogens with one attached hydrogen (secondary N) is 1. The Balaban J connectivity index is 1.65. The van der Waals surface area contributed by atoms with Crippen molar-refractivity contribution >= 4 is 23.2 Å². The predicted molar refractivity (Wildman–Crippen MR) is 116 cm³/mol. The molecule has 3 aromatic carbocycles. The van der Waals surface area contributed by atoms with Crippen LogP contribution in [0, 0.1) is 13.8 Å². The van der Waals surface area contributed by atoms with Gasteiger partial charge in [0.05, 0.1) is 0 Å². The van der Waals surface area contributed by atoms with E-state index in [-0.39, 0.29) is 18.4 Å². The minimum Gasteiger partial charge on any atom is -0.483 e. The zero-order chi connectivity index (χ0) is 20.8. The van der Waals surface area contributed by atoms with E-state index in [9.17, 15) is 9.59 Å². The number of benzene rings is 3. The molecule has 3 aromatic rings. The van der Waals surface area contributed by atoms with Crippen molar-refractivity contribution in [3.05, 3.63) is 89.5 Å². The lowest BCUT2D eigenvalue weighted by Gasteiger charge is -2.18. The number of carbonyl (C=O) groups excluding carboxylic acids is 2. The van der Waals surface area contributed by atoms with Gasteiger partial charge in [-0.15, -0.1) is 0 Å². The third-order valence-corrected chi connectivity index (χ3v) is 4.60. The van der Waals surface area contributed by atoms with E-state index < -0.39 is 0 Å². The number of rotatable bonds is 6. The van der Waals surface area contributed by atoms with Gasteiger partial charge in [-0.2, -0.15) is 0 Å². The van der Waals surface area contributed by atoms with Crippen molar-refractivity contribution in [2.75, 3.05) is 23.9 Å². The summed E-state index contributed by atoms with van der Waals surface area (Å²) < 4.78 is 5.69. The smallest absolute Gasteiger partial charge is 0.262 e. The van der Waals surface area contributed by atoms with Crippen molar-refractivity contribution < 1.29 is 14.3 Å². The van der Waals surface area contributed by atoms with Crippen molar-refractivity contribution in [3.63, 3.8) is 0 Å². The van der Waals surface area contributed by atoms with Gasteiger partial charge in [-0.1, -0.05) is 42.5 Å². The Hall–Kier alpha value is -3.60. The van der Waals surface area contributed by atoms with Crippen LogP contribution in [0.3, 0.4) is 0 Å². The highest BCUT2D eigenvalue weighted by Crippen LogP contribution is 2.22. The fourth-order valence-corrected chi connectivity index (χ4v) is 3.05. The fourth-order valence-electron chi connectivity index (χ4n) is 3.05. The minimum absolute atomic E-state index is 0.103. The van der Waals surface area contributed by atoms with Crippen LogP contribution in [0.4, 0.5) is 11.4 Å². The third kappa shape index (κ3) is 5.02. The Kier molecular flexibility index (Phi) is 6.29. The average Bonchev–Trinajstić information content (AvgIpc) is 2.73. The Labute approximate surface area is 170 Å². The molecular formula is C24H24N2O3. The lowest BCUT2D eigenvalue weighted by molar-refractivity contribution is -0.118. The van der Waals surface area contributed by atoms with E-state index in [2.05, 4.69) is 5.32 Å². The first-order valence-electron chi connectivity index (χ1n) is 9.38. The molecule has 0 spiro atoms. The van der Waals surface area contributed by atoms with Gasteiger partial charge in [-0.3, -0.25) is 9.59 Å². The van der Waals surface area contributed by atoms with Crippen LogP contribution in [0.25, 0.3) is 0 Å². The molecule has 0 aromatic heterocycles. The van der Waals surface area contributed by atoms with E-state index in [1.807, 2.05) is 62.4 Å². The SMILES string of the molecule is Cc1cccc(C)c1OCC(=O)Nc1cccc(C(=O)N(C)c2ccccc2)c1. The summed E-state index contributed by atoms with van der Waals surface area (Å²) in [6.45, 7) is 3.78. The molecule has 148 valence electrons. The second kappa shape index (κ2) is 9.06. The zero-order valence-corrected chi connectivity index (χ0v) is 16.8. The highest BCUT2D eigenvalue weighted by Gasteiger charge is 2.14. The summed E-state index contributed by atoms with van der Waals surface area (Å²) in [5.41, 5.74) is 3.80. The number of para-hydroxylation sites is 2. The van der Waals surface area contributed by atoms with Crippen LogP contribution in [0.1, 0.15) is 21.5 Å². The second-order valence-corrected chi connectivity index (χ2v) is 6.84. The molecule has 5 nitrogen and oxygen atoms in total. The molecule has 5 heteroatoms. The molecule has 0 atom stereocenters. The van der Waals surface area contributed by atoms with Crippen LogP contribution in [-0.4, -0.2) is 25.5 Å². The zero-order valence-electron chi connectivity index (χ0n) is 16.8. The molecule has 0 aliphatic carbocycles. The summed E-state index contributed by atoms with van der Waals surface area (Å²) in [4.78, 5) is 26.6. The first-order valence-corrected chi connectivity index (χ1v) is 9.38. The Bertz CT molecular complexity index is 995. The molecule has 0 unspecified atom stereocenters. The molecule has 0 saturated carbocycles. The molecule has 0 saturated heterocycles. The Morgan fingerprint density at radius 3 is 2.24 bits per heavy atom. The van der Waals surface area contributed by atoms with Gasteiger partial charge >= 0.3 is 0 Å². The number of carbonyl (C=O) groups is 2. The van der Waals surface area contributed by atoms with E-state index in [4.69, 9.17) is 4.74 Å². The maximum Gasteiger partial charge on any atom is 0.262 e. The van der Waals surface area contributed by atoms with Crippen molar-refractivity contribution in [2.24, 2.45) is 0 Å². The summed E-state index contributed by atoms with van der Waals surface area (Å²) in [6, 6.07) is 22.1. The summed E-state index contributed by atoms with van der Waals surface area (Å²) in [5.74, 6) is 0.281. The first-order chi connectivity index (χ1) is 14.0. The van der Waals surface area contributed by atoms with E-state index in [1.54, 1.807) is 36.2 Å². The quantitative estimate of drug-likeness (QED) is 0.671. The third-order valence-electron chi connectivity index (χ3n) is 4.60. The molecule has 3 rings (SSSR count). The average molecular weight is 388 g/mol. The number of hydrogen-bond donors (Lipinski definition) is 1. The van der Waals surface area contributed by atoms with E-state index >= 15 is 0 Å². The van der Waals surface area contributed by atoms with E-state index in [0.717, 1.165) is 22.6 Å². The number of ether oxygens (including phenoxy) is 1. The van der Waals surface area contributed by atoms with Gasteiger partial charge in [0.1, 0.15) is 5.75 Å². The Morgan fingerprint density at radius 2 is 1.55 bits per heavy atom. The van der Waals surface area contributed by atoms with Crippen molar-refractivity contribution in [2.45, 2.75) is 13.8 Å². The van der Waals surface area contributed by atoms with Crippen LogP contribution in [0.15, 0.2) is 72.8 Å². The lowest BCUT2D eigenvalue weighted by atomic mass is 10.1. The molecule has 1 N–H and O–H groups in total. The van der Waals surface area contributed by atoms with Crippen LogP contribution in [-0.2, 0) is 4.79 Å². The van der Waals surface area contributed by atoms with Gasteiger partial charge in [0.2, 0.25) is 0 Å². The molecular weight excluding hydrogens is 364 g/mol. The van der Waals surface area contributed by atoms with Crippen molar-refractivity contribution in [1.29, 1.82) is 0 Å². The molecule has 0 fully saturated rings. The number of anilines is 2. The van der Waals surface area contributed by atoms with Gasteiger partial charge in [0, 0.05) is 24.0 Å². The monoisotopic (exact) mass is 388 g/mol. The molecule has 0 bridgehead atoms. The van der Waals surface area contributed by atoms with Gasteiger partial charge in [0.15, 0.2) is 6.61 Å². The van der Waals surface area contributed by atoms with Crippen LogP contribution >= 0.6 is 0 Å². The van der Waals surface area contributed by atoms with E-state index in [1.165, 1.54) is 0 Å². The summed E-state index contributed by atoms with van der Waals surface area (Å²) >= 11 is 0. The predicted octanol–water partition coefficient (Wildman–Crippen LogP) is 4.60. The maximum atomic E-state index is 12.8. The fraction of sp³-hybridized carbons (Fsp3) is 0.167. The summed E-state index contributed by atoms with van der Waals surface area (Å²) in [5, 5.41) is 2.79. The minimum atomic E-state index is -0.284. The van der Waals surface area contributed by atoms with Gasteiger partial charge < -0.3 is 15.0 Å². The largest absolute Gasteiger partial charge is 0.483 e. The molecule has 0 heterocycles. The van der Waals surface area contributed by atoms with Crippen LogP contribution < -0.4 is 15.0 Å². The Morgan fingerprint density at radius 1 is 0.897 bits per heavy atom. The molecule has 0 aliphatic rings. The normalized spacial score (nSPS) is 10.3. The standard InChI is InChI=1S/C24H24N2O3/c1-17-9-7-10-18(2)23(17)29-16-22(27)25-20-12-8-11-19(15-20)24(28)26(3)21-13-5-4-6-14-21/h4-15H,16H2,1-3H3,(H,25,27). The topological polar surface area (TPSA) is 58.6 Å². The molecule has 0 aliphatic heterocycles. The number of aryl methyl sites for hydroxylation is 2. The maximum absolute atomic E-state index is 12.8. The molecule has 2 amide bonds. The highest BCUT2D eigenvalue weighted by molar-refractivity contribution is 6.06. The highest BCUT2D eigenvalue weighted by atomic mass is 16.5. The van der Waals surface area contributed by atoms with Gasteiger partial charge in [-0.25, -0.2) is 0 Å². The molecule has 29 heavy (non-hydrogen) atoms. The molecule has 0 radical (unpaired) electrons. The number of nitrogens with zero attached hydrogens (tertiary/aromatic N) is 1. The van der Waals surface area contributed by atoms with Crippen LogP contribution in [0.2, 0.25) is 0 Å². The summed E-state index contributed by atoms with van der Waals surface area (Å²) in [6.07, 6.45) is 0. The number of hydrogen-bond acceptors (Lipinski definition) is 3.